The molecule has 0 spiro atoms. The van der Waals surface area contributed by atoms with E-state index in [1.54, 1.807) is 36.4 Å². The molecule has 1 atom stereocenters. The molecular formula is C23H28O5S. The molecule has 5 nitrogen and oxygen atoms in total. The molecule has 1 unspecified atom stereocenters. The molecular weight excluding hydrogens is 388 g/mol. The third-order valence-corrected chi connectivity index (χ3v) is 7.23. The fourth-order valence-electron chi connectivity index (χ4n) is 3.33. The molecule has 2 aromatic carbocycles. The molecule has 0 aliphatic rings. The van der Waals surface area contributed by atoms with Gasteiger partial charge in [-0.3, -0.25) is 4.79 Å². The first-order valence-electron chi connectivity index (χ1n) is 9.79. The maximum Gasteiger partial charge on any atom is 0.194 e. The molecule has 0 bridgehead atoms. The Bertz CT molecular complexity index is 950. The van der Waals surface area contributed by atoms with E-state index in [9.17, 15) is 18.0 Å². The maximum atomic E-state index is 13.4. The Morgan fingerprint density at radius 2 is 1.79 bits per heavy atom. The van der Waals surface area contributed by atoms with Crippen molar-refractivity contribution in [1.29, 1.82) is 0 Å². The SMILES string of the molecule is CCCCC(C=O)(CC)CS(=O)(=O)c1cc(OC)ccc1C(=O)c1ccccc1. The summed E-state index contributed by atoms with van der Waals surface area (Å²) in [6.07, 6.45) is 3.30. The van der Waals surface area contributed by atoms with Crippen LogP contribution in [-0.4, -0.2) is 33.3 Å². The van der Waals surface area contributed by atoms with Gasteiger partial charge in [0.25, 0.3) is 0 Å². The number of carbonyl (C=O) groups excluding carboxylic acids is 2. The van der Waals surface area contributed by atoms with Crippen LogP contribution in [0, 0.1) is 5.41 Å². The van der Waals surface area contributed by atoms with E-state index < -0.39 is 15.3 Å². The van der Waals surface area contributed by atoms with Crippen LogP contribution >= 0.6 is 0 Å². The normalized spacial score (nSPS) is 13.5. The van der Waals surface area contributed by atoms with Crippen LogP contribution in [0.25, 0.3) is 0 Å². The van der Waals surface area contributed by atoms with Gasteiger partial charge >= 0.3 is 0 Å². The second-order valence-corrected chi connectivity index (χ2v) is 9.21. The highest BCUT2D eigenvalue weighted by atomic mass is 32.2. The second-order valence-electron chi connectivity index (χ2n) is 7.25. The summed E-state index contributed by atoms with van der Waals surface area (Å²) >= 11 is 0. The van der Waals surface area contributed by atoms with Gasteiger partial charge in [0.15, 0.2) is 15.6 Å². The monoisotopic (exact) mass is 416 g/mol. The van der Waals surface area contributed by atoms with Gasteiger partial charge in [0.1, 0.15) is 12.0 Å². The number of ketones is 1. The lowest BCUT2D eigenvalue weighted by molar-refractivity contribution is -0.115. The third kappa shape index (κ3) is 5.32. The number of benzene rings is 2. The molecule has 6 heteroatoms. The third-order valence-electron chi connectivity index (χ3n) is 5.26. The van der Waals surface area contributed by atoms with Crippen molar-refractivity contribution in [3.05, 3.63) is 59.7 Å². The summed E-state index contributed by atoms with van der Waals surface area (Å²) in [7, 11) is -2.48. The predicted molar refractivity (Wildman–Crippen MR) is 113 cm³/mol. The van der Waals surface area contributed by atoms with Gasteiger partial charge in [-0.25, -0.2) is 8.42 Å². The zero-order chi connectivity index (χ0) is 21.5. The van der Waals surface area contributed by atoms with Crippen molar-refractivity contribution in [3.8, 4) is 5.75 Å². The van der Waals surface area contributed by atoms with E-state index >= 15 is 0 Å². The summed E-state index contributed by atoms with van der Waals surface area (Å²) in [6, 6.07) is 12.9. The first-order valence-corrected chi connectivity index (χ1v) is 11.4. The Morgan fingerprint density at radius 3 is 2.34 bits per heavy atom. The van der Waals surface area contributed by atoms with E-state index in [-0.39, 0.29) is 22.0 Å². The molecule has 0 N–H and O–H groups in total. The molecule has 29 heavy (non-hydrogen) atoms. The van der Waals surface area contributed by atoms with Crippen LogP contribution in [0.1, 0.15) is 55.5 Å². The highest BCUT2D eigenvalue weighted by Gasteiger charge is 2.36. The van der Waals surface area contributed by atoms with Gasteiger partial charge in [-0.05, 0) is 31.0 Å². The fraction of sp³-hybridized carbons (Fsp3) is 0.391. The summed E-state index contributed by atoms with van der Waals surface area (Å²) < 4.78 is 32.0. The van der Waals surface area contributed by atoms with Gasteiger partial charge in [0.2, 0.25) is 0 Å². The van der Waals surface area contributed by atoms with Gasteiger partial charge in [-0.1, -0.05) is 57.0 Å². The average Bonchev–Trinajstić information content (AvgIpc) is 2.76. The Balaban J connectivity index is 2.55. The van der Waals surface area contributed by atoms with Gasteiger partial charge in [0.05, 0.1) is 17.8 Å². The lowest BCUT2D eigenvalue weighted by atomic mass is 9.84. The van der Waals surface area contributed by atoms with Crippen molar-refractivity contribution in [2.75, 3.05) is 12.9 Å². The summed E-state index contributed by atoms with van der Waals surface area (Å²) in [5.41, 5.74) is -0.481. The quantitative estimate of drug-likeness (QED) is 0.398. The van der Waals surface area contributed by atoms with Crippen molar-refractivity contribution >= 4 is 21.9 Å². The molecule has 0 heterocycles. The average molecular weight is 417 g/mol. The van der Waals surface area contributed by atoms with Crippen molar-refractivity contribution in [2.45, 2.75) is 44.4 Å². The lowest BCUT2D eigenvalue weighted by Gasteiger charge is -2.26. The van der Waals surface area contributed by atoms with Gasteiger partial charge < -0.3 is 9.53 Å². The Labute approximate surface area is 173 Å². The zero-order valence-electron chi connectivity index (χ0n) is 17.2. The Morgan fingerprint density at radius 1 is 1.10 bits per heavy atom. The lowest BCUT2D eigenvalue weighted by Crippen LogP contribution is -2.32. The number of unbranched alkanes of at least 4 members (excludes halogenated alkanes) is 1. The molecule has 0 fully saturated rings. The molecule has 0 aliphatic heterocycles. The number of ether oxygens (including phenoxy) is 1. The van der Waals surface area contributed by atoms with Crippen LogP contribution < -0.4 is 4.74 Å². The number of methoxy groups -OCH3 is 1. The summed E-state index contributed by atoms with van der Waals surface area (Å²) in [5.74, 6) is -0.370. The largest absolute Gasteiger partial charge is 0.497 e. The number of aldehydes is 1. The van der Waals surface area contributed by atoms with Crippen molar-refractivity contribution in [2.24, 2.45) is 5.41 Å². The van der Waals surface area contributed by atoms with E-state index in [1.165, 1.54) is 19.2 Å². The minimum absolute atomic E-state index is 0.0865. The Hall–Kier alpha value is -2.47. The van der Waals surface area contributed by atoms with Gasteiger partial charge in [-0.2, -0.15) is 0 Å². The first kappa shape index (κ1) is 22.8. The second kappa shape index (κ2) is 9.83. The van der Waals surface area contributed by atoms with Crippen LogP contribution in [0.4, 0.5) is 0 Å². The van der Waals surface area contributed by atoms with E-state index in [4.69, 9.17) is 4.74 Å². The van der Waals surface area contributed by atoms with E-state index in [0.717, 1.165) is 19.1 Å². The molecule has 0 saturated heterocycles. The van der Waals surface area contributed by atoms with E-state index in [2.05, 4.69) is 0 Å². The van der Waals surface area contributed by atoms with Crippen LogP contribution in [0.15, 0.2) is 53.4 Å². The molecule has 0 saturated carbocycles. The summed E-state index contributed by atoms with van der Waals surface area (Å²) in [4.78, 5) is 24.8. The molecule has 0 amide bonds. The molecule has 0 aliphatic carbocycles. The van der Waals surface area contributed by atoms with Crippen LogP contribution in [0.5, 0.6) is 5.75 Å². The molecule has 2 aromatic rings. The van der Waals surface area contributed by atoms with Gasteiger partial charge in [0, 0.05) is 16.5 Å². The van der Waals surface area contributed by atoms with Crippen molar-refractivity contribution in [3.63, 3.8) is 0 Å². The Kier molecular flexibility index (Phi) is 7.73. The standard InChI is InChI=1S/C23H28O5S/c1-4-6-14-23(5-2,16-24)17-29(26,27)21-15-19(28-3)12-13-20(21)22(25)18-10-8-7-9-11-18/h7-13,15-16H,4-6,14,17H2,1-3H3. The number of rotatable bonds is 11. The van der Waals surface area contributed by atoms with Crippen molar-refractivity contribution < 1.29 is 22.7 Å². The summed E-state index contributed by atoms with van der Waals surface area (Å²) in [6.45, 7) is 3.82. The van der Waals surface area contributed by atoms with E-state index in [0.29, 0.717) is 24.2 Å². The molecule has 0 radical (unpaired) electrons. The number of hydrogen-bond donors (Lipinski definition) is 0. The first-order chi connectivity index (χ1) is 13.8. The smallest absolute Gasteiger partial charge is 0.194 e. The van der Waals surface area contributed by atoms with Crippen LogP contribution in [0.2, 0.25) is 0 Å². The highest BCUT2D eigenvalue weighted by Crippen LogP contribution is 2.33. The van der Waals surface area contributed by atoms with Crippen LogP contribution in [-0.2, 0) is 14.6 Å². The molecule has 2 rings (SSSR count). The van der Waals surface area contributed by atoms with E-state index in [1.807, 2.05) is 13.8 Å². The zero-order valence-corrected chi connectivity index (χ0v) is 18.0. The number of hydrogen-bond acceptors (Lipinski definition) is 5. The van der Waals surface area contributed by atoms with Crippen molar-refractivity contribution in [1.82, 2.24) is 0 Å². The fourth-order valence-corrected chi connectivity index (χ4v) is 5.45. The predicted octanol–water partition coefficient (Wildman–Crippen LogP) is 4.49. The topological polar surface area (TPSA) is 77.5 Å². The minimum atomic E-state index is -3.92. The maximum absolute atomic E-state index is 13.4. The minimum Gasteiger partial charge on any atom is -0.497 e. The van der Waals surface area contributed by atoms with Crippen LogP contribution in [0.3, 0.4) is 0 Å². The van der Waals surface area contributed by atoms with Gasteiger partial charge in [-0.15, -0.1) is 0 Å². The number of carbonyl (C=O) groups is 2. The summed E-state index contributed by atoms with van der Waals surface area (Å²) in [5, 5.41) is 0. The highest BCUT2D eigenvalue weighted by molar-refractivity contribution is 7.91. The molecule has 156 valence electrons. The molecule has 0 aromatic heterocycles. The number of sulfone groups is 1.